The molecule has 0 aromatic heterocycles. The Morgan fingerprint density at radius 1 is 1.55 bits per heavy atom. The van der Waals surface area contributed by atoms with E-state index in [4.69, 9.17) is 21.1 Å². The molecule has 0 aliphatic heterocycles. The zero-order valence-corrected chi connectivity index (χ0v) is 6.27. The van der Waals surface area contributed by atoms with E-state index in [1.54, 1.807) is 0 Å². The summed E-state index contributed by atoms with van der Waals surface area (Å²) in [5.41, 5.74) is 5.08. The first kappa shape index (κ1) is 10.5. The van der Waals surface area contributed by atoms with Crippen molar-refractivity contribution in [3.05, 3.63) is 0 Å². The van der Waals surface area contributed by atoms with Crippen molar-refractivity contribution in [2.24, 2.45) is 5.73 Å². The third kappa shape index (κ3) is 2.94. The second-order valence-corrected chi connectivity index (χ2v) is 2.38. The van der Waals surface area contributed by atoms with Gasteiger partial charge in [0.1, 0.15) is 6.10 Å². The summed E-state index contributed by atoms with van der Waals surface area (Å²) >= 11 is 0. The Morgan fingerprint density at radius 2 is 2.00 bits per heavy atom. The van der Waals surface area contributed by atoms with Crippen LogP contribution < -0.4 is 5.73 Å². The number of nitrogens with two attached hydrogens (primary N) is 1. The smallest absolute Gasteiger partial charge is 0.182 e. The van der Waals surface area contributed by atoms with Crippen LogP contribution in [0.4, 0.5) is 0 Å². The standard InChI is InChI=1S/C6H13NO4/c1-3(9)5(10)6(11)4(7)2-8/h3-5,8-10H,2,7H2,1H3/t3-,4-,5-/m1/s1. The van der Waals surface area contributed by atoms with Crippen molar-refractivity contribution in [1.29, 1.82) is 0 Å². The molecule has 66 valence electrons. The second-order valence-electron chi connectivity index (χ2n) is 2.38. The lowest BCUT2D eigenvalue weighted by molar-refractivity contribution is -0.134. The summed E-state index contributed by atoms with van der Waals surface area (Å²) in [5, 5.41) is 26.0. The molecule has 0 spiro atoms. The zero-order valence-electron chi connectivity index (χ0n) is 6.27. The van der Waals surface area contributed by atoms with Crippen molar-refractivity contribution in [2.75, 3.05) is 6.61 Å². The Bertz CT molecular complexity index is 137. The fraction of sp³-hybridized carbons (Fsp3) is 0.833. The molecule has 0 heterocycles. The third-order valence-corrected chi connectivity index (χ3v) is 1.31. The van der Waals surface area contributed by atoms with Crippen molar-refractivity contribution in [1.82, 2.24) is 0 Å². The van der Waals surface area contributed by atoms with Gasteiger partial charge >= 0.3 is 0 Å². The van der Waals surface area contributed by atoms with Crippen molar-refractivity contribution >= 4 is 5.78 Å². The van der Waals surface area contributed by atoms with Gasteiger partial charge in [-0.3, -0.25) is 4.79 Å². The molecule has 5 N–H and O–H groups in total. The fourth-order valence-corrected chi connectivity index (χ4v) is 0.547. The minimum atomic E-state index is -1.50. The van der Waals surface area contributed by atoms with Gasteiger partial charge in [0, 0.05) is 0 Å². The van der Waals surface area contributed by atoms with Gasteiger partial charge in [0.25, 0.3) is 0 Å². The van der Waals surface area contributed by atoms with Gasteiger partial charge < -0.3 is 21.1 Å². The Labute approximate surface area is 64.4 Å². The summed E-state index contributed by atoms with van der Waals surface area (Å²) in [7, 11) is 0. The molecule has 0 amide bonds. The summed E-state index contributed by atoms with van der Waals surface area (Å²) in [6.45, 7) is 0.745. The van der Waals surface area contributed by atoms with E-state index in [0.717, 1.165) is 0 Å². The molecule has 0 radical (unpaired) electrons. The highest BCUT2D eigenvalue weighted by Gasteiger charge is 2.25. The molecule has 0 unspecified atom stereocenters. The van der Waals surface area contributed by atoms with E-state index < -0.39 is 30.6 Å². The van der Waals surface area contributed by atoms with Gasteiger partial charge in [0.15, 0.2) is 5.78 Å². The summed E-state index contributed by atoms with van der Waals surface area (Å²) in [5.74, 6) is -0.748. The fourth-order valence-electron chi connectivity index (χ4n) is 0.547. The number of hydrogen-bond donors (Lipinski definition) is 4. The molecular formula is C6H13NO4. The lowest BCUT2D eigenvalue weighted by Gasteiger charge is -2.15. The monoisotopic (exact) mass is 163 g/mol. The molecule has 0 fully saturated rings. The minimum absolute atomic E-state index is 0.525. The largest absolute Gasteiger partial charge is 0.394 e. The molecule has 3 atom stereocenters. The molecular weight excluding hydrogens is 150 g/mol. The minimum Gasteiger partial charge on any atom is -0.394 e. The average Bonchev–Trinajstić information content (AvgIpc) is 2.00. The van der Waals surface area contributed by atoms with E-state index in [1.807, 2.05) is 0 Å². The second kappa shape index (κ2) is 4.40. The molecule has 11 heavy (non-hydrogen) atoms. The van der Waals surface area contributed by atoms with Gasteiger partial charge in [-0.05, 0) is 6.92 Å². The predicted molar refractivity (Wildman–Crippen MR) is 37.8 cm³/mol. The lowest BCUT2D eigenvalue weighted by atomic mass is 10.1. The summed E-state index contributed by atoms with van der Waals surface area (Å²) in [6, 6.07) is -1.11. The lowest BCUT2D eigenvalue weighted by Crippen LogP contribution is -2.45. The van der Waals surface area contributed by atoms with Crippen LogP contribution in [-0.2, 0) is 4.79 Å². The number of carbonyl (C=O) groups is 1. The first-order valence-corrected chi connectivity index (χ1v) is 3.27. The number of Topliss-reactive ketones (excluding diaryl/α,β-unsaturated/α-hetero) is 1. The SMILES string of the molecule is C[C@@H](O)[C@@H](O)C(=O)[C@H](N)CO. The molecule has 0 aromatic carbocycles. The molecule has 5 heteroatoms. The van der Waals surface area contributed by atoms with E-state index in [0.29, 0.717) is 0 Å². The number of rotatable bonds is 4. The molecule has 0 saturated carbocycles. The predicted octanol–water partition coefficient (Wildman–Crippen LogP) is -2.38. The summed E-state index contributed by atoms with van der Waals surface area (Å²) in [6.07, 6.45) is -2.66. The molecule has 0 aliphatic rings. The number of aliphatic hydroxyl groups excluding tert-OH is 3. The highest BCUT2D eigenvalue weighted by Crippen LogP contribution is 1.96. The summed E-state index contributed by atoms with van der Waals surface area (Å²) < 4.78 is 0. The molecule has 0 aliphatic carbocycles. The van der Waals surface area contributed by atoms with Gasteiger partial charge in [-0.15, -0.1) is 0 Å². The Kier molecular flexibility index (Phi) is 4.20. The first-order valence-electron chi connectivity index (χ1n) is 3.27. The average molecular weight is 163 g/mol. The van der Waals surface area contributed by atoms with E-state index in [-0.39, 0.29) is 0 Å². The maximum absolute atomic E-state index is 10.8. The number of hydrogen-bond acceptors (Lipinski definition) is 5. The number of carbonyl (C=O) groups excluding carboxylic acids is 1. The first-order chi connectivity index (χ1) is 5.00. The van der Waals surface area contributed by atoms with Crippen LogP contribution in [0.25, 0.3) is 0 Å². The van der Waals surface area contributed by atoms with Crippen molar-refractivity contribution in [3.63, 3.8) is 0 Å². The van der Waals surface area contributed by atoms with Gasteiger partial charge in [-0.25, -0.2) is 0 Å². The molecule has 0 saturated heterocycles. The van der Waals surface area contributed by atoms with Crippen LogP contribution >= 0.6 is 0 Å². The zero-order chi connectivity index (χ0) is 9.02. The quantitative estimate of drug-likeness (QED) is 0.370. The van der Waals surface area contributed by atoms with Crippen molar-refractivity contribution in [3.8, 4) is 0 Å². The Balaban J connectivity index is 4.02. The van der Waals surface area contributed by atoms with Gasteiger partial charge in [-0.1, -0.05) is 0 Å². The molecule has 0 bridgehead atoms. The van der Waals surface area contributed by atoms with Gasteiger partial charge in [0.05, 0.1) is 18.8 Å². The van der Waals surface area contributed by atoms with Crippen LogP contribution in [-0.4, -0.2) is 46.0 Å². The van der Waals surface area contributed by atoms with Crippen LogP contribution in [0.2, 0.25) is 0 Å². The van der Waals surface area contributed by atoms with Crippen molar-refractivity contribution < 1.29 is 20.1 Å². The highest BCUT2D eigenvalue weighted by atomic mass is 16.3. The van der Waals surface area contributed by atoms with E-state index in [2.05, 4.69) is 0 Å². The normalized spacial score (nSPS) is 19.0. The number of aliphatic hydroxyl groups is 3. The topological polar surface area (TPSA) is 104 Å². The van der Waals surface area contributed by atoms with Gasteiger partial charge in [-0.2, -0.15) is 0 Å². The molecule has 0 rings (SSSR count). The number of ketones is 1. The molecule has 0 aromatic rings. The van der Waals surface area contributed by atoms with Crippen LogP contribution in [0.3, 0.4) is 0 Å². The van der Waals surface area contributed by atoms with E-state index >= 15 is 0 Å². The van der Waals surface area contributed by atoms with E-state index in [1.165, 1.54) is 6.92 Å². The van der Waals surface area contributed by atoms with Crippen LogP contribution in [0.5, 0.6) is 0 Å². The van der Waals surface area contributed by atoms with Crippen LogP contribution in [0.15, 0.2) is 0 Å². The highest BCUT2D eigenvalue weighted by molar-refractivity contribution is 5.88. The molecule has 5 nitrogen and oxygen atoms in total. The third-order valence-electron chi connectivity index (χ3n) is 1.31. The maximum atomic E-state index is 10.8. The Hall–Kier alpha value is -0.490. The summed E-state index contributed by atoms with van der Waals surface area (Å²) in [4.78, 5) is 10.8. The van der Waals surface area contributed by atoms with Crippen molar-refractivity contribution in [2.45, 2.75) is 25.2 Å². The van der Waals surface area contributed by atoms with Crippen LogP contribution in [0, 0.1) is 0 Å². The van der Waals surface area contributed by atoms with Crippen LogP contribution in [0.1, 0.15) is 6.92 Å². The maximum Gasteiger partial charge on any atom is 0.182 e. The Morgan fingerprint density at radius 3 is 2.27 bits per heavy atom. The van der Waals surface area contributed by atoms with Gasteiger partial charge in [0.2, 0.25) is 0 Å². The van der Waals surface area contributed by atoms with E-state index in [9.17, 15) is 4.79 Å².